The number of rotatable bonds is 5. The predicted molar refractivity (Wildman–Crippen MR) is 76.6 cm³/mol. The predicted octanol–water partition coefficient (Wildman–Crippen LogP) is 1.81. The van der Waals surface area contributed by atoms with Crippen molar-refractivity contribution < 1.29 is 4.74 Å². The Labute approximate surface area is 110 Å². The highest BCUT2D eigenvalue weighted by Gasteiger charge is 2.29. The van der Waals surface area contributed by atoms with Crippen LogP contribution >= 0.6 is 11.8 Å². The lowest BCUT2D eigenvalue weighted by Crippen LogP contribution is -2.47. The van der Waals surface area contributed by atoms with Gasteiger partial charge < -0.3 is 10.5 Å². The third-order valence-corrected chi connectivity index (χ3v) is 5.04. The smallest absolute Gasteiger partial charge is 0.0503 e. The van der Waals surface area contributed by atoms with Crippen molar-refractivity contribution in [3.8, 4) is 0 Å². The zero-order valence-electron chi connectivity index (χ0n) is 11.7. The molecule has 1 aliphatic heterocycles. The topological polar surface area (TPSA) is 38.5 Å². The average Bonchev–Trinajstić information content (AvgIpc) is 2.42. The maximum Gasteiger partial charge on any atom is 0.0503 e. The Bertz CT molecular complexity index is 223. The number of nitrogens with two attached hydrogens (primary N) is 1. The van der Waals surface area contributed by atoms with Gasteiger partial charge in [0.25, 0.3) is 0 Å². The number of thioether (sulfide) groups is 1. The van der Waals surface area contributed by atoms with E-state index < -0.39 is 0 Å². The summed E-state index contributed by atoms with van der Waals surface area (Å²) in [6.07, 6.45) is 1.24. The molecule has 0 amide bonds. The first-order chi connectivity index (χ1) is 8.00. The number of hydrogen-bond acceptors (Lipinski definition) is 4. The van der Waals surface area contributed by atoms with E-state index in [9.17, 15) is 0 Å². The Morgan fingerprint density at radius 2 is 2.12 bits per heavy atom. The van der Waals surface area contributed by atoms with Crippen LogP contribution in [0.15, 0.2) is 0 Å². The normalized spacial score (nSPS) is 25.2. The molecule has 1 saturated heterocycles. The lowest BCUT2D eigenvalue weighted by Gasteiger charge is -2.34. The molecule has 3 nitrogen and oxygen atoms in total. The highest BCUT2D eigenvalue weighted by Crippen LogP contribution is 2.31. The summed E-state index contributed by atoms with van der Waals surface area (Å²) in [4.78, 5) is 2.56. The summed E-state index contributed by atoms with van der Waals surface area (Å²) in [6, 6.07) is 0.462. The largest absolute Gasteiger partial charge is 0.384 e. The van der Waals surface area contributed by atoms with Crippen molar-refractivity contribution in [2.24, 2.45) is 11.7 Å². The molecule has 102 valence electrons. The van der Waals surface area contributed by atoms with E-state index in [1.54, 1.807) is 7.11 Å². The third-order valence-electron chi connectivity index (χ3n) is 3.67. The van der Waals surface area contributed by atoms with Gasteiger partial charge in [-0.2, -0.15) is 11.8 Å². The molecule has 0 radical (unpaired) electrons. The van der Waals surface area contributed by atoms with Crippen LogP contribution < -0.4 is 5.73 Å². The van der Waals surface area contributed by atoms with Gasteiger partial charge in [0.1, 0.15) is 0 Å². The van der Waals surface area contributed by atoms with E-state index in [-0.39, 0.29) is 0 Å². The number of hydrogen-bond donors (Lipinski definition) is 1. The molecule has 4 heteroatoms. The van der Waals surface area contributed by atoms with E-state index in [1.165, 1.54) is 12.2 Å². The van der Waals surface area contributed by atoms with E-state index in [0.29, 0.717) is 16.7 Å². The van der Waals surface area contributed by atoms with Crippen LogP contribution in [0.5, 0.6) is 0 Å². The zero-order chi connectivity index (χ0) is 12.9. The molecular weight excluding hydrogens is 232 g/mol. The van der Waals surface area contributed by atoms with Crippen LogP contribution in [0.25, 0.3) is 0 Å². The molecular formula is C13H28N2OS. The SMILES string of the molecule is COCC(C)C(CN)N1CCSC(C)(C)CC1. The summed E-state index contributed by atoms with van der Waals surface area (Å²) in [7, 11) is 1.77. The van der Waals surface area contributed by atoms with Crippen molar-refractivity contribution in [2.45, 2.75) is 38.0 Å². The van der Waals surface area contributed by atoms with Gasteiger partial charge in [0.05, 0.1) is 6.61 Å². The molecule has 1 fully saturated rings. The van der Waals surface area contributed by atoms with Crippen molar-refractivity contribution >= 4 is 11.8 Å². The van der Waals surface area contributed by atoms with E-state index in [2.05, 4.69) is 37.4 Å². The number of methoxy groups -OCH3 is 1. The van der Waals surface area contributed by atoms with Crippen molar-refractivity contribution in [3.63, 3.8) is 0 Å². The monoisotopic (exact) mass is 260 g/mol. The summed E-state index contributed by atoms with van der Waals surface area (Å²) < 4.78 is 5.68. The first-order valence-corrected chi connectivity index (χ1v) is 7.55. The van der Waals surface area contributed by atoms with Gasteiger partial charge in [-0.3, -0.25) is 4.90 Å². The molecule has 0 aliphatic carbocycles. The van der Waals surface area contributed by atoms with Gasteiger partial charge in [-0.05, 0) is 18.9 Å². The van der Waals surface area contributed by atoms with Crippen LogP contribution in [0.3, 0.4) is 0 Å². The minimum absolute atomic E-state index is 0.415. The molecule has 0 aromatic heterocycles. The second-order valence-electron chi connectivity index (χ2n) is 5.63. The fourth-order valence-electron chi connectivity index (χ4n) is 2.48. The lowest BCUT2D eigenvalue weighted by molar-refractivity contribution is 0.0877. The van der Waals surface area contributed by atoms with Crippen LogP contribution in [0.1, 0.15) is 27.2 Å². The zero-order valence-corrected chi connectivity index (χ0v) is 12.6. The maximum atomic E-state index is 5.95. The molecule has 17 heavy (non-hydrogen) atoms. The molecule has 2 N–H and O–H groups in total. The second kappa shape index (κ2) is 6.98. The highest BCUT2D eigenvalue weighted by atomic mass is 32.2. The quantitative estimate of drug-likeness (QED) is 0.818. The van der Waals surface area contributed by atoms with Crippen molar-refractivity contribution in [3.05, 3.63) is 0 Å². The van der Waals surface area contributed by atoms with Crippen LogP contribution in [0.2, 0.25) is 0 Å². The van der Waals surface area contributed by atoms with Crippen molar-refractivity contribution in [1.82, 2.24) is 4.90 Å². The standard InChI is InChI=1S/C13H28N2OS/c1-11(10-16-4)12(9-14)15-6-5-13(2,3)17-8-7-15/h11-12H,5-10,14H2,1-4H3. The maximum absolute atomic E-state index is 5.95. The molecule has 1 heterocycles. The van der Waals surface area contributed by atoms with Crippen LogP contribution in [0.4, 0.5) is 0 Å². The summed E-state index contributed by atoms with van der Waals surface area (Å²) in [5.74, 6) is 1.72. The molecule has 2 unspecified atom stereocenters. The third kappa shape index (κ3) is 4.78. The van der Waals surface area contributed by atoms with E-state index in [1.807, 2.05) is 0 Å². The summed E-state index contributed by atoms with van der Waals surface area (Å²) in [6.45, 7) is 10.8. The molecule has 0 spiro atoms. The van der Waals surface area contributed by atoms with Crippen molar-refractivity contribution in [2.75, 3.05) is 39.1 Å². The van der Waals surface area contributed by atoms with Gasteiger partial charge in [-0.1, -0.05) is 20.8 Å². The van der Waals surface area contributed by atoms with Gasteiger partial charge in [-0.15, -0.1) is 0 Å². The Morgan fingerprint density at radius 1 is 1.41 bits per heavy atom. The molecule has 1 rings (SSSR count). The first kappa shape index (κ1) is 15.3. The Balaban J connectivity index is 2.57. The average molecular weight is 260 g/mol. The molecule has 0 aromatic carbocycles. The minimum Gasteiger partial charge on any atom is -0.384 e. The van der Waals surface area contributed by atoms with Crippen LogP contribution in [-0.2, 0) is 4.74 Å². The molecule has 1 aliphatic rings. The van der Waals surface area contributed by atoms with Crippen LogP contribution in [-0.4, -0.2) is 54.8 Å². The van der Waals surface area contributed by atoms with Gasteiger partial charge in [-0.25, -0.2) is 0 Å². The van der Waals surface area contributed by atoms with E-state index in [4.69, 9.17) is 10.5 Å². The Morgan fingerprint density at radius 3 is 2.71 bits per heavy atom. The lowest BCUT2D eigenvalue weighted by atomic mass is 10.00. The van der Waals surface area contributed by atoms with Gasteiger partial charge in [0, 0.05) is 36.7 Å². The minimum atomic E-state index is 0.415. The van der Waals surface area contributed by atoms with E-state index in [0.717, 1.165) is 26.2 Å². The number of nitrogens with zero attached hydrogens (tertiary/aromatic N) is 1. The second-order valence-corrected chi connectivity index (χ2v) is 7.43. The molecule has 2 atom stereocenters. The van der Waals surface area contributed by atoms with Crippen LogP contribution in [0, 0.1) is 5.92 Å². The fraction of sp³-hybridized carbons (Fsp3) is 1.00. The van der Waals surface area contributed by atoms with Gasteiger partial charge in [0.2, 0.25) is 0 Å². The molecule has 0 bridgehead atoms. The molecule has 0 aromatic rings. The molecule has 0 saturated carbocycles. The van der Waals surface area contributed by atoms with Gasteiger partial charge >= 0.3 is 0 Å². The fourth-order valence-corrected chi connectivity index (χ4v) is 3.60. The number of ether oxygens (including phenoxy) is 1. The Kier molecular flexibility index (Phi) is 6.27. The Hall–Kier alpha value is 0.230. The first-order valence-electron chi connectivity index (χ1n) is 6.57. The summed E-state index contributed by atoms with van der Waals surface area (Å²) >= 11 is 2.08. The van der Waals surface area contributed by atoms with Crippen molar-refractivity contribution in [1.29, 1.82) is 0 Å². The van der Waals surface area contributed by atoms with E-state index >= 15 is 0 Å². The summed E-state index contributed by atoms with van der Waals surface area (Å²) in [5.41, 5.74) is 5.95. The highest BCUT2D eigenvalue weighted by molar-refractivity contribution is 8.00. The summed E-state index contributed by atoms with van der Waals surface area (Å²) in [5, 5.41) is 0. The van der Waals surface area contributed by atoms with Gasteiger partial charge in [0.15, 0.2) is 0 Å².